The molecule has 0 aliphatic rings. The summed E-state index contributed by atoms with van der Waals surface area (Å²) in [5.74, 6) is -1.59. The summed E-state index contributed by atoms with van der Waals surface area (Å²) in [5, 5.41) is 23.3. The maximum absolute atomic E-state index is 12.4. The highest BCUT2D eigenvalue weighted by Crippen LogP contribution is 2.16. The van der Waals surface area contributed by atoms with Crippen molar-refractivity contribution >= 4 is 58.6 Å². The second-order valence-corrected chi connectivity index (χ2v) is 23.7. The quantitative estimate of drug-likeness (QED) is 0.0309. The third-order valence-electron chi connectivity index (χ3n) is 15.2. The number of rotatable bonds is 59. The molecule has 3 unspecified atom stereocenters. The van der Waals surface area contributed by atoms with Crippen LogP contribution in [0.1, 0.15) is 255 Å². The zero-order valence-corrected chi connectivity index (χ0v) is 55.1. The number of hydrogen-bond acceptors (Lipinski definition) is 14. The number of carbonyl (C=O) groups is 10. The number of ether oxygens (including phenoxy) is 4. The molecule has 20 heteroatoms. The van der Waals surface area contributed by atoms with E-state index in [1.807, 2.05) is 27.7 Å². The molecule has 20 nitrogen and oxygen atoms in total. The first-order chi connectivity index (χ1) is 41.1. The number of nitrogens with one attached hydrogen (secondary N) is 5. The lowest BCUT2D eigenvalue weighted by Crippen LogP contribution is -2.47. The van der Waals surface area contributed by atoms with Crippen LogP contribution in [-0.2, 0) is 66.9 Å². The Morgan fingerprint density at radius 3 is 1.37 bits per heavy atom. The van der Waals surface area contributed by atoms with Crippen molar-refractivity contribution in [3.05, 3.63) is 0 Å². The first kappa shape index (κ1) is 83.4. The molecule has 86 heavy (non-hydrogen) atoms. The predicted octanol–water partition coefficient (Wildman–Crippen LogP) is 10.1. The van der Waals surface area contributed by atoms with Gasteiger partial charge in [-0.2, -0.15) is 0 Å². The van der Waals surface area contributed by atoms with E-state index in [9.17, 15) is 53.1 Å². The number of Topliss-reactive ketones (excluding diaryl/α,β-unsaturated/α-hetero) is 4. The van der Waals surface area contributed by atoms with Crippen LogP contribution in [0.3, 0.4) is 0 Å². The maximum atomic E-state index is 12.4. The number of hydrogen-bond donors (Lipinski definition) is 6. The normalized spacial score (nSPS) is 12.9. The molecule has 0 aliphatic heterocycles. The molecule has 0 aromatic rings. The van der Waals surface area contributed by atoms with Crippen LogP contribution >= 0.6 is 0 Å². The van der Waals surface area contributed by atoms with Crippen LogP contribution in [-0.4, -0.2) is 148 Å². The van der Waals surface area contributed by atoms with Crippen molar-refractivity contribution in [3.8, 4) is 0 Å². The highest BCUT2D eigenvalue weighted by atomic mass is 16.5. The van der Waals surface area contributed by atoms with Gasteiger partial charge in [0.1, 0.15) is 48.4 Å². The fourth-order valence-corrected chi connectivity index (χ4v) is 9.19. The zero-order chi connectivity index (χ0) is 64.6. The van der Waals surface area contributed by atoms with E-state index in [2.05, 4.69) is 33.5 Å². The van der Waals surface area contributed by atoms with Crippen molar-refractivity contribution in [2.24, 2.45) is 23.7 Å². The number of amides is 5. The number of ketones is 4. The second-order valence-electron chi connectivity index (χ2n) is 23.7. The van der Waals surface area contributed by atoms with Gasteiger partial charge >= 0.3 is 5.97 Å². The third kappa shape index (κ3) is 54.7. The van der Waals surface area contributed by atoms with Gasteiger partial charge in [-0.15, -0.1) is 0 Å². The van der Waals surface area contributed by atoms with E-state index >= 15 is 0 Å². The molecule has 5 atom stereocenters. The summed E-state index contributed by atoms with van der Waals surface area (Å²) in [5.41, 5.74) is 0. The van der Waals surface area contributed by atoms with Crippen LogP contribution < -0.4 is 26.6 Å². The Hall–Kier alpha value is -4.66. The number of carbonyl (C=O) groups excluding carboxylic acids is 9. The van der Waals surface area contributed by atoms with Crippen molar-refractivity contribution < 1.29 is 72.0 Å². The van der Waals surface area contributed by atoms with Gasteiger partial charge < -0.3 is 50.6 Å². The number of aliphatic carboxylic acids is 1. The summed E-state index contributed by atoms with van der Waals surface area (Å²) in [6.07, 6.45) is 27.0. The van der Waals surface area contributed by atoms with Crippen molar-refractivity contribution in [2.75, 3.05) is 72.5 Å². The van der Waals surface area contributed by atoms with Crippen LogP contribution in [0.4, 0.5) is 0 Å². The summed E-state index contributed by atoms with van der Waals surface area (Å²) in [6, 6.07) is -1.63. The minimum Gasteiger partial charge on any atom is -0.480 e. The fourth-order valence-electron chi connectivity index (χ4n) is 9.19. The largest absolute Gasteiger partial charge is 0.480 e. The van der Waals surface area contributed by atoms with Crippen LogP contribution in [0.15, 0.2) is 0 Å². The van der Waals surface area contributed by atoms with Crippen LogP contribution in [0, 0.1) is 23.7 Å². The van der Waals surface area contributed by atoms with Gasteiger partial charge in [-0.3, -0.25) is 43.2 Å². The van der Waals surface area contributed by atoms with E-state index < -0.39 is 18.1 Å². The third-order valence-corrected chi connectivity index (χ3v) is 15.2. The molecule has 0 saturated carbocycles. The fraction of sp³-hybridized carbons (Fsp3) is 0.848. The van der Waals surface area contributed by atoms with E-state index in [0.29, 0.717) is 51.9 Å². The van der Waals surface area contributed by atoms with Gasteiger partial charge in [0.25, 0.3) is 0 Å². The minimum absolute atomic E-state index is 0.0546. The Balaban J connectivity index is 0. The summed E-state index contributed by atoms with van der Waals surface area (Å²) in [7, 11) is 0. The first-order valence-corrected chi connectivity index (χ1v) is 33.1. The second kappa shape index (κ2) is 58.0. The molecule has 500 valence electrons. The molecule has 5 amide bonds. The van der Waals surface area contributed by atoms with Gasteiger partial charge in [0, 0.05) is 69.7 Å². The Bertz CT molecular complexity index is 1830. The van der Waals surface area contributed by atoms with Gasteiger partial charge in [-0.1, -0.05) is 144 Å². The lowest BCUT2D eigenvalue weighted by atomic mass is 9.95. The molecular weight excluding hydrogens is 1100 g/mol. The smallest absolute Gasteiger partial charge is 0.326 e. The van der Waals surface area contributed by atoms with Gasteiger partial charge in [-0.25, -0.2) is 4.79 Å². The van der Waals surface area contributed by atoms with E-state index in [1.165, 1.54) is 84.0 Å². The molecule has 0 fully saturated rings. The Kier molecular flexibility index (Phi) is 56.3. The Morgan fingerprint density at radius 1 is 0.395 bits per heavy atom. The molecule has 0 heterocycles. The van der Waals surface area contributed by atoms with E-state index in [-0.39, 0.29) is 148 Å². The molecule has 0 radical (unpaired) electrons. The lowest BCUT2D eigenvalue weighted by Gasteiger charge is -2.20. The maximum Gasteiger partial charge on any atom is 0.326 e. The SMILES string of the molecule is CC(=O)C(C)CCCCNC(=O)C(CC(C)C)NC(=O)CC[C@H](C)C(C)=O.CCCCCCCCCCCCCCCCCC(=O)NC(CCC(=O)CCCOCCOCC(=O)NCCOCCOCC(=O)NCCCC[C@H](CC)C(C)=O)C(=O)O. The van der Waals surface area contributed by atoms with E-state index in [0.717, 1.165) is 64.2 Å². The topological polar surface area (TPSA) is 288 Å². The molecule has 0 rings (SSSR count). The summed E-state index contributed by atoms with van der Waals surface area (Å²) in [6.45, 7) is 19.6. The lowest BCUT2D eigenvalue weighted by molar-refractivity contribution is -0.142. The van der Waals surface area contributed by atoms with Crippen molar-refractivity contribution in [1.82, 2.24) is 26.6 Å². The molecule has 0 spiro atoms. The monoisotopic (exact) mass is 1220 g/mol. The molecule has 0 saturated heterocycles. The average Bonchev–Trinajstić information content (AvgIpc) is 3.65. The zero-order valence-electron chi connectivity index (χ0n) is 55.1. The molecule has 0 bridgehead atoms. The molecule has 0 aromatic heterocycles. The summed E-state index contributed by atoms with van der Waals surface area (Å²) >= 11 is 0. The van der Waals surface area contributed by atoms with Gasteiger partial charge in [0.2, 0.25) is 29.5 Å². The van der Waals surface area contributed by atoms with E-state index in [4.69, 9.17) is 18.9 Å². The standard InChI is InChI=1S/C45H83N3O11.C21H38N2O4/c1-4-6-7-8-9-10-11-12-13-14-15-16-17-18-19-25-42(51)48-41(45(54)55)27-26-40(50)24-22-30-56-32-34-58-37-44(53)47-29-31-57-33-35-59-36-43(52)46-28-21-20-23-39(5-2)38(3)49;1-14(2)13-19(23-20(26)11-10-16(4)18(6)25)21(27)22-12-8-7-9-15(3)17(5)24/h39,41H,4-37H2,1-3H3,(H,46,52)(H,47,53)(H,48,51)(H,54,55);14-16,19H,7-13H2,1-6H3,(H,22,27)(H,23,26)/t39-,41?;15?,16-,19?/m00/s1. The number of carboxylic acid groups (broad SMARTS) is 1. The minimum atomic E-state index is -1.13. The summed E-state index contributed by atoms with van der Waals surface area (Å²) in [4.78, 5) is 119. The van der Waals surface area contributed by atoms with E-state index in [1.54, 1.807) is 20.8 Å². The molecule has 0 aromatic carbocycles. The highest BCUT2D eigenvalue weighted by Gasteiger charge is 2.23. The van der Waals surface area contributed by atoms with Crippen LogP contribution in [0.5, 0.6) is 0 Å². The summed E-state index contributed by atoms with van der Waals surface area (Å²) < 4.78 is 21.5. The number of carboxylic acids is 1. The molecule has 6 N–H and O–H groups in total. The molecule has 0 aliphatic carbocycles. The van der Waals surface area contributed by atoms with Crippen molar-refractivity contribution in [3.63, 3.8) is 0 Å². The Morgan fingerprint density at radius 2 is 0.860 bits per heavy atom. The van der Waals surface area contributed by atoms with Gasteiger partial charge in [0.05, 0.1) is 33.0 Å². The van der Waals surface area contributed by atoms with Crippen molar-refractivity contribution in [1.29, 1.82) is 0 Å². The van der Waals surface area contributed by atoms with Crippen molar-refractivity contribution in [2.45, 2.75) is 267 Å². The van der Waals surface area contributed by atoms with Crippen LogP contribution in [0.2, 0.25) is 0 Å². The Labute approximate surface area is 518 Å². The molecular formula is C66H121N5O15. The predicted molar refractivity (Wildman–Crippen MR) is 337 cm³/mol. The highest BCUT2D eigenvalue weighted by molar-refractivity contribution is 5.88. The van der Waals surface area contributed by atoms with Gasteiger partial charge in [-0.05, 0) is 90.9 Å². The average molecular weight is 1220 g/mol. The van der Waals surface area contributed by atoms with Crippen LogP contribution in [0.25, 0.3) is 0 Å². The first-order valence-electron chi connectivity index (χ1n) is 33.1. The van der Waals surface area contributed by atoms with Gasteiger partial charge in [0.15, 0.2) is 0 Å². The number of unbranched alkanes of at least 4 members (excludes halogenated alkanes) is 16.